The van der Waals surface area contributed by atoms with Crippen molar-refractivity contribution in [3.8, 4) is 0 Å². The molecule has 1 fully saturated rings. The molecular weight excluding hydrogens is 314 g/mol. The van der Waals surface area contributed by atoms with E-state index in [1.54, 1.807) is 0 Å². The summed E-state index contributed by atoms with van der Waals surface area (Å²) in [6.45, 7) is 9.43. The maximum absolute atomic E-state index is 4.33. The first kappa shape index (κ1) is 19.4. The molecule has 1 aliphatic heterocycles. The third kappa shape index (κ3) is 7.25. The van der Waals surface area contributed by atoms with Crippen LogP contribution >= 0.6 is 0 Å². The fourth-order valence-corrected chi connectivity index (χ4v) is 2.94. The second-order valence-electron chi connectivity index (χ2n) is 6.36. The van der Waals surface area contributed by atoms with Crippen LogP contribution in [0, 0.1) is 0 Å². The van der Waals surface area contributed by atoms with Gasteiger partial charge in [-0.3, -0.25) is 9.89 Å². The lowest BCUT2D eigenvalue weighted by Gasteiger charge is -2.34. The molecule has 1 aromatic heterocycles. The van der Waals surface area contributed by atoms with E-state index in [4.69, 9.17) is 0 Å². The molecule has 0 atom stereocenters. The van der Waals surface area contributed by atoms with E-state index in [0.717, 1.165) is 64.1 Å². The van der Waals surface area contributed by atoms with Crippen molar-refractivity contribution in [3.05, 3.63) is 18.5 Å². The van der Waals surface area contributed by atoms with Gasteiger partial charge in [0.05, 0.1) is 0 Å². The first-order chi connectivity index (χ1) is 12.3. The highest BCUT2D eigenvalue weighted by atomic mass is 15.3. The van der Waals surface area contributed by atoms with Gasteiger partial charge in [0, 0.05) is 58.7 Å². The molecule has 7 heteroatoms. The van der Waals surface area contributed by atoms with Crippen molar-refractivity contribution < 1.29 is 0 Å². The fourth-order valence-electron chi connectivity index (χ4n) is 2.94. The van der Waals surface area contributed by atoms with Crippen LogP contribution in [0.25, 0.3) is 0 Å². The topological polar surface area (TPSA) is 68.7 Å². The SMILES string of the molecule is CCCCCNC(=NC)NCCCN1CCN(c2ncccn2)CC1. The Hall–Kier alpha value is -1.89. The molecule has 140 valence electrons. The van der Waals surface area contributed by atoms with Crippen LogP contribution in [0.5, 0.6) is 0 Å². The fraction of sp³-hybridized carbons (Fsp3) is 0.722. The van der Waals surface area contributed by atoms with E-state index in [-0.39, 0.29) is 0 Å². The Balaban J connectivity index is 1.55. The predicted octanol–water partition coefficient (Wildman–Crippen LogP) is 1.34. The average Bonchev–Trinajstić information content (AvgIpc) is 2.68. The number of aliphatic imine (C=N–C) groups is 1. The third-order valence-electron chi connectivity index (χ3n) is 4.45. The van der Waals surface area contributed by atoms with Gasteiger partial charge in [-0.1, -0.05) is 19.8 Å². The maximum Gasteiger partial charge on any atom is 0.225 e. The van der Waals surface area contributed by atoms with Crippen LogP contribution in [0.1, 0.15) is 32.6 Å². The van der Waals surface area contributed by atoms with Gasteiger partial charge in [0.1, 0.15) is 0 Å². The van der Waals surface area contributed by atoms with Gasteiger partial charge < -0.3 is 15.5 Å². The van der Waals surface area contributed by atoms with Gasteiger partial charge >= 0.3 is 0 Å². The van der Waals surface area contributed by atoms with E-state index < -0.39 is 0 Å². The molecule has 0 aliphatic carbocycles. The predicted molar refractivity (Wildman–Crippen MR) is 104 cm³/mol. The van der Waals surface area contributed by atoms with Crippen molar-refractivity contribution >= 4 is 11.9 Å². The summed E-state index contributed by atoms with van der Waals surface area (Å²) in [6.07, 6.45) is 8.46. The van der Waals surface area contributed by atoms with Gasteiger partial charge in [-0.2, -0.15) is 0 Å². The minimum Gasteiger partial charge on any atom is -0.356 e. The Morgan fingerprint density at radius 3 is 2.36 bits per heavy atom. The minimum absolute atomic E-state index is 0.849. The molecule has 2 rings (SSSR count). The molecule has 7 nitrogen and oxygen atoms in total. The molecule has 0 amide bonds. The van der Waals surface area contributed by atoms with Crippen LogP contribution in [0.4, 0.5) is 5.95 Å². The molecule has 0 aromatic carbocycles. The lowest BCUT2D eigenvalue weighted by atomic mass is 10.2. The van der Waals surface area contributed by atoms with Crippen molar-refractivity contribution in [2.45, 2.75) is 32.6 Å². The summed E-state index contributed by atoms with van der Waals surface area (Å²) in [5.41, 5.74) is 0. The molecule has 0 bridgehead atoms. The summed E-state index contributed by atoms with van der Waals surface area (Å²) >= 11 is 0. The third-order valence-corrected chi connectivity index (χ3v) is 4.45. The van der Waals surface area contributed by atoms with Crippen LogP contribution in [-0.4, -0.2) is 73.7 Å². The van der Waals surface area contributed by atoms with Crippen LogP contribution in [-0.2, 0) is 0 Å². The maximum atomic E-state index is 4.33. The number of nitrogens with one attached hydrogen (secondary N) is 2. The Bertz CT molecular complexity index is 483. The first-order valence-corrected chi connectivity index (χ1v) is 9.52. The second-order valence-corrected chi connectivity index (χ2v) is 6.36. The van der Waals surface area contributed by atoms with E-state index in [1.165, 1.54) is 19.3 Å². The normalized spacial score (nSPS) is 16.1. The molecule has 2 heterocycles. The number of unbranched alkanes of at least 4 members (excludes halogenated alkanes) is 2. The molecule has 1 saturated heterocycles. The van der Waals surface area contributed by atoms with Crippen LogP contribution in [0.2, 0.25) is 0 Å². The molecule has 0 saturated carbocycles. The second kappa shape index (κ2) is 11.6. The zero-order valence-corrected chi connectivity index (χ0v) is 15.7. The van der Waals surface area contributed by atoms with Crippen molar-refractivity contribution in [2.24, 2.45) is 4.99 Å². The molecule has 1 aromatic rings. The zero-order valence-electron chi connectivity index (χ0n) is 15.7. The number of nitrogens with zero attached hydrogens (tertiary/aromatic N) is 5. The zero-order chi connectivity index (χ0) is 17.7. The summed E-state index contributed by atoms with van der Waals surface area (Å²) in [4.78, 5) is 17.7. The lowest BCUT2D eigenvalue weighted by Crippen LogP contribution is -2.47. The number of piperazine rings is 1. The summed E-state index contributed by atoms with van der Waals surface area (Å²) in [5.74, 6) is 1.77. The van der Waals surface area contributed by atoms with Crippen molar-refractivity contribution in [1.82, 2.24) is 25.5 Å². The van der Waals surface area contributed by atoms with E-state index >= 15 is 0 Å². The number of aromatic nitrogens is 2. The van der Waals surface area contributed by atoms with E-state index in [9.17, 15) is 0 Å². The summed E-state index contributed by atoms with van der Waals surface area (Å²) < 4.78 is 0. The van der Waals surface area contributed by atoms with Gasteiger partial charge in [-0.25, -0.2) is 9.97 Å². The Labute approximate surface area is 151 Å². The van der Waals surface area contributed by atoms with Gasteiger partial charge in [0.2, 0.25) is 5.95 Å². The summed E-state index contributed by atoms with van der Waals surface area (Å²) in [5, 5.41) is 6.77. The Morgan fingerprint density at radius 2 is 1.72 bits per heavy atom. The van der Waals surface area contributed by atoms with Gasteiger partial charge in [-0.15, -0.1) is 0 Å². The quantitative estimate of drug-likeness (QED) is 0.399. The number of guanidine groups is 1. The van der Waals surface area contributed by atoms with Crippen LogP contribution < -0.4 is 15.5 Å². The first-order valence-electron chi connectivity index (χ1n) is 9.52. The highest BCUT2D eigenvalue weighted by molar-refractivity contribution is 5.79. The highest BCUT2D eigenvalue weighted by Gasteiger charge is 2.18. The van der Waals surface area contributed by atoms with E-state index in [2.05, 4.69) is 42.3 Å². The number of hydrogen-bond donors (Lipinski definition) is 2. The number of hydrogen-bond acceptors (Lipinski definition) is 5. The van der Waals surface area contributed by atoms with Crippen molar-refractivity contribution in [3.63, 3.8) is 0 Å². The van der Waals surface area contributed by atoms with Gasteiger partial charge in [-0.05, 0) is 25.5 Å². The van der Waals surface area contributed by atoms with Crippen LogP contribution in [0.3, 0.4) is 0 Å². The van der Waals surface area contributed by atoms with E-state index in [0.29, 0.717) is 0 Å². The molecule has 0 spiro atoms. The molecular formula is C18H33N7. The van der Waals surface area contributed by atoms with E-state index in [1.807, 2.05) is 25.5 Å². The monoisotopic (exact) mass is 347 g/mol. The number of rotatable bonds is 9. The minimum atomic E-state index is 0.849. The molecule has 25 heavy (non-hydrogen) atoms. The van der Waals surface area contributed by atoms with Crippen LogP contribution in [0.15, 0.2) is 23.5 Å². The van der Waals surface area contributed by atoms with Crippen molar-refractivity contribution in [2.75, 3.05) is 57.8 Å². The molecule has 1 aliphatic rings. The molecule has 0 radical (unpaired) electrons. The Kier molecular flexibility index (Phi) is 9.04. The van der Waals surface area contributed by atoms with Gasteiger partial charge in [0.25, 0.3) is 0 Å². The molecule has 2 N–H and O–H groups in total. The number of anilines is 1. The average molecular weight is 348 g/mol. The smallest absolute Gasteiger partial charge is 0.225 e. The standard InChI is InChI=1S/C18H33N7/c1-3-4-5-8-20-17(19-2)21-11-7-12-24-13-15-25(16-14-24)18-22-9-6-10-23-18/h6,9-10H,3-5,7-8,11-16H2,1-2H3,(H2,19,20,21). The largest absolute Gasteiger partial charge is 0.356 e. The van der Waals surface area contributed by atoms with Crippen molar-refractivity contribution in [1.29, 1.82) is 0 Å². The molecule has 0 unspecified atom stereocenters. The summed E-state index contributed by atoms with van der Waals surface area (Å²) in [7, 11) is 1.83. The Morgan fingerprint density at radius 1 is 1.04 bits per heavy atom. The highest BCUT2D eigenvalue weighted by Crippen LogP contribution is 2.09. The van der Waals surface area contributed by atoms with Gasteiger partial charge in [0.15, 0.2) is 5.96 Å². The summed E-state index contributed by atoms with van der Waals surface area (Å²) in [6, 6.07) is 1.86. The lowest BCUT2D eigenvalue weighted by molar-refractivity contribution is 0.254.